The second kappa shape index (κ2) is 10.2. The van der Waals surface area contributed by atoms with Crippen LogP contribution in [-0.2, 0) is 5.21 Å². The van der Waals surface area contributed by atoms with Crippen molar-refractivity contribution in [1.29, 1.82) is 0 Å². The highest BCUT2D eigenvalue weighted by Crippen LogP contribution is 2.37. The lowest BCUT2D eigenvalue weighted by atomic mass is 9.84. The Hall–Kier alpha value is -4.79. The van der Waals surface area contributed by atoms with Crippen molar-refractivity contribution < 1.29 is 14.7 Å². The van der Waals surface area contributed by atoms with Gasteiger partial charge in [-0.2, -0.15) is 0 Å². The molecule has 2 aliphatic heterocycles. The fourth-order valence-electron chi connectivity index (χ4n) is 4.74. The van der Waals surface area contributed by atoms with Crippen molar-refractivity contribution in [3.8, 4) is 23.7 Å². The van der Waals surface area contributed by atoms with E-state index in [4.69, 9.17) is 0 Å². The molecule has 3 heterocycles. The SMILES string of the molecule is CC1(C)[N]C(c2ccc(C#Cc3cccc(C#Cc4ccc(C5=[N+]([O-])C(C)(C)C(C)(C)N5[O])cc4)n3)cc2)=[N+]([O-])C1(C)C. The van der Waals surface area contributed by atoms with Gasteiger partial charge in [-0.05, 0) is 128 Å². The molecule has 2 aliphatic rings. The number of nitrogens with zero attached hydrogens (tertiary/aromatic N) is 5. The zero-order chi connectivity index (χ0) is 31.4. The minimum absolute atomic E-state index is 0.102. The third kappa shape index (κ3) is 4.98. The first-order chi connectivity index (χ1) is 20.1. The molecule has 0 atom stereocenters. The van der Waals surface area contributed by atoms with E-state index in [-0.39, 0.29) is 5.84 Å². The molecule has 1 aromatic heterocycles. The molecule has 2 aromatic carbocycles. The molecule has 0 fully saturated rings. The lowest BCUT2D eigenvalue weighted by molar-refractivity contribution is -0.539. The lowest BCUT2D eigenvalue weighted by Crippen LogP contribution is -2.53. The summed E-state index contributed by atoms with van der Waals surface area (Å²) < 4.78 is 1.80. The zero-order valence-corrected chi connectivity index (χ0v) is 25.8. The van der Waals surface area contributed by atoms with E-state index in [0.29, 0.717) is 22.8 Å². The Morgan fingerprint density at radius 3 is 1.56 bits per heavy atom. The average molecular weight is 574 g/mol. The first-order valence-corrected chi connectivity index (χ1v) is 14.2. The number of hydroxylamine groups is 4. The van der Waals surface area contributed by atoms with Gasteiger partial charge in [-0.25, -0.2) is 4.98 Å². The summed E-state index contributed by atoms with van der Waals surface area (Å²) in [6, 6.07) is 20.0. The van der Waals surface area contributed by atoms with Crippen LogP contribution in [0.5, 0.6) is 0 Å². The van der Waals surface area contributed by atoms with Crippen LogP contribution in [0.25, 0.3) is 0 Å². The van der Waals surface area contributed by atoms with Gasteiger partial charge < -0.3 is 10.4 Å². The quantitative estimate of drug-likeness (QED) is 0.250. The fourth-order valence-corrected chi connectivity index (χ4v) is 4.74. The van der Waals surface area contributed by atoms with Gasteiger partial charge in [0.2, 0.25) is 0 Å². The molecule has 218 valence electrons. The predicted molar refractivity (Wildman–Crippen MR) is 166 cm³/mol. The van der Waals surface area contributed by atoms with Crippen molar-refractivity contribution in [3.05, 3.63) is 111 Å². The molecule has 0 spiro atoms. The summed E-state index contributed by atoms with van der Waals surface area (Å²) in [4.78, 5) is 4.54. The van der Waals surface area contributed by atoms with E-state index in [1.807, 2.05) is 70.2 Å². The third-order valence-corrected chi connectivity index (χ3v) is 9.19. The maximum atomic E-state index is 12.9. The molecule has 8 heteroatoms. The van der Waals surface area contributed by atoms with Crippen molar-refractivity contribution in [2.45, 2.75) is 77.5 Å². The van der Waals surface area contributed by atoms with Gasteiger partial charge in [0.15, 0.2) is 11.1 Å². The van der Waals surface area contributed by atoms with Crippen LogP contribution in [0.1, 0.15) is 89.0 Å². The summed E-state index contributed by atoms with van der Waals surface area (Å²) in [5.74, 6) is 12.9. The van der Waals surface area contributed by atoms with Crippen molar-refractivity contribution in [2.24, 2.45) is 0 Å². The number of amidine groups is 2. The molecule has 3 aromatic rings. The van der Waals surface area contributed by atoms with E-state index in [0.717, 1.165) is 31.2 Å². The van der Waals surface area contributed by atoms with Gasteiger partial charge in [0.05, 0.1) is 11.1 Å². The van der Waals surface area contributed by atoms with Crippen LogP contribution < -0.4 is 5.32 Å². The van der Waals surface area contributed by atoms with E-state index in [9.17, 15) is 15.6 Å². The van der Waals surface area contributed by atoms with Gasteiger partial charge in [0.1, 0.15) is 22.5 Å². The minimum atomic E-state index is -0.870. The smallest absolute Gasteiger partial charge is 0.324 e. The summed E-state index contributed by atoms with van der Waals surface area (Å²) in [5, 5.41) is 44.2. The highest BCUT2D eigenvalue weighted by atomic mass is 16.5. The molecular weight excluding hydrogens is 538 g/mol. The lowest BCUT2D eigenvalue weighted by Gasteiger charge is -2.32. The molecule has 43 heavy (non-hydrogen) atoms. The van der Waals surface area contributed by atoms with Crippen LogP contribution in [-0.4, -0.2) is 53.4 Å². The molecule has 0 unspecified atom stereocenters. The summed E-state index contributed by atoms with van der Waals surface area (Å²) in [6.07, 6.45) is 0. The maximum absolute atomic E-state index is 12.9. The summed E-state index contributed by atoms with van der Waals surface area (Å²) >= 11 is 0. The second-order valence-corrected chi connectivity index (χ2v) is 12.9. The molecule has 2 radical (unpaired) electrons. The van der Waals surface area contributed by atoms with E-state index in [1.54, 1.807) is 52.0 Å². The van der Waals surface area contributed by atoms with Crippen molar-refractivity contribution in [2.75, 3.05) is 0 Å². The van der Waals surface area contributed by atoms with Crippen LogP contribution in [0, 0.1) is 34.1 Å². The largest absolute Gasteiger partial charge is 0.714 e. The van der Waals surface area contributed by atoms with Crippen LogP contribution in [0.3, 0.4) is 0 Å². The molecule has 5 rings (SSSR count). The highest BCUT2D eigenvalue weighted by molar-refractivity contribution is 5.97. The molecule has 0 N–H and O–H groups in total. The Morgan fingerprint density at radius 1 is 0.651 bits per heavy atom. The fraction of sp³-hybridized carbons (Fsp3) is 0.343. The third-order valence-electron chi connectivity index (χ3n) is 9.19. The van der Waals surface area contributed by atoms with Crippen LogP contribution >= 0.6 is 0 Å². The van der Waals surface area contributed by atoms with Crippen molar-refractivity contribution in [3.63, 3.8) is 0 Å². The Kier molecular flexibility index (Phi) is 7.03. The maximum Gasteiger partial charge on any atom is 0.324 e. The molecule has 0 bridgehead atoms. The van der Waals surface area contributed by atoms with E-state index >= 15 is 0 Å². The summed E-state index contributed by atoms with van der Waals surface area (Å²) in [5.41, 5.74) is 1.10. The molecule has 0 saturated carbocycles. The van der Waals surface area contributed by atoms with E-state index < -0.39 is 22.2 Å². The number of hydrogen-bond donors (Lipinski definition) is 0. The topological polar surface area (TPSA) is 102 Å². The van der Waals surface area contributed by atoms with Gasteiger partial charge in [0, 0.05) is 16.3 Å². The van der Waals surface area contributed by atoms with Crippen LogP contribution in [0.2, 0.25) is 0 Å². The van der Waals surface area contributed by atoms with Gasteiger partial charge in [-0.3, -0.25) is 9.48 Å². The standard InChI is InChI=1S/C35H35N5O3/c1-32(2)33(3,4)38(41)30(37-32)26-18-12-24(13-19-26)16-22-28-10-9-11-29(36-28)23-17-25-14-20-27(21-15-25)31-39(42)34(5,6)35(7,8)40(31)43/h9-15,18-21H,1-8H3. The number of benzene rings is 2. The summed E-state index contributed by atoms with van der Waals surface area (Å²) in [7, 11) is 0. The zero-order valence-electron chi connectivity index (χ0n) is 25.8. The van der Waals surface area contributed by atoms with Crippen molar-refractivity contribution >= 4 is 11.7 Å². The average Bonchev–Trinajstić information content (AvgIpc) is 3.21. The Balaban J connectivity index is 1.30. The first-order valence-electron chi connectivity index (χ1n) is 14.2. The predicted octanol–water partition coefficient (Wildman–Crippen LogP) is 4.79. The van der Waals surface area contributed by atoms with E-state index in [2.05, 4.69) is 34.0 Å². The number of pyridine rings is 1. The van der Waals surface area contributed by atoms with Crippen LogP contribution in [0.4, 0.5) is 0 Å². The summed E-state index contributed by atoms with van der Waals surface area (Å²) in [6.45, 7) is 14.8. The molecule has 0 saturated heterocycles. The van der Waals surface area contributed by atoms with Gasteiger partial charge >= 0.3 is 11.7 Å². The van der Waals surface area contributed by atoms with Crippen LogP contribution in [0.15, 0.2) is 66.7 Å². The van der Waals surface area contributed by atoms with Gasteiger partial charge in [-0.15, -0.1) is 0 Å². The number of hydrogen-bond acceptors (Lipinski definition) is 4. The number of aromatic nitrogens is 1. The second-order valence-electron chi connectivity index (χ2n) is 12.9. The number of rotatable bonds is 2. The Labute approximate surface area is 253 Å². The van der Waals surface area contributed by atoms with Gasteiger partial charge in [-0.1, -0.05) is 28.3 Å². The molecule has 0 amide bonds. The van der Waals surface area contributed by atoms with Crippen molar-refractivity contribution in [1.82, 2.24) is 15.4 Å². The minimum Gasteiger partial charge on any atom is -0.714 e. The normalized spacial score (nSPS) is 19.3. The molecule has 0 aliphatic carbocycles. The van der Waals surface area contributed by atoms with E-state index in [1.165, 1.54) is 0 Å². The molecule has 8 nitrogen and oxygen atoms in total. The van der Waals surface area contributed by atoms with Gasteiger partial charge in [0.25, 0.3) is 0 Å². The first kappa shape index (κ1) is 29.7. The Bertz CT molecular complexity index is 1780. The molecular formula is C35H35N5O3. The highest BCUT2D eigenvalue weighted by Gasteiger charge is 2.60. The Morgan fingerprint density at radius 2 is 1.14 bits per heavy atom. The monoisotopic (exact) mass is 573 g/mol.